The van der Waals surface area contributed by atoms with E-state index in [1.807, 2.05) is 30.3 Å². The van der Waals surface area contributed by atoms with Gasteiger partial charge in [-0.15, -0.1) is 0 Å². The summed E-state index contributed by atoms with van der Waals surface area (Å²) in [6.07, 6.45) is 3.30. The van der Waals surface area contributed by atoms with E-state index in [2.05, 4.69) is 11.8 Å². The highest BCUT2D eigenvalue weighted by Crippen LogP contribution is 2.09. The first-order chi connectivity index (χ1) is 9.72. The zero-order valence-corrected chi connectivity index (χ0v) is 12.3. The van der Waals surface area contributed by atoms with Crippen LogP contribution in [0, 0.1) is 0 Å². The SMILES string of the molecule is CCCN(CCCCOc1ccccc1)CCC(=O)O. The third-order valence-electron chi connectivity index (χ3n) is 3.06. The first-order valence-corrected chi connectivity index (χ1v) is 7.34. The average molecular weight is 279 g/mol. The molecule has 4 heteroatoms. The summed E-state index contributed by atoms with van der Waals surface area (Å²) in [4.78, 5) is 12.8. The second kappa shape index (κ2) is 10.3. The van der Waals surface area contributed by atoms with Crippen molar-refractivity contribution in [2.75, 3.05) is 26.2 Å². The predicted octanol–water partition coefficient (Wildman–Crippen LogP) is 3.03. The highest BCUT2D eigenvalue weighted by molar-refractivity contribution is 5.66. The molecule has 1 rings (SSSR count). The molecule has 0 aliphatic heterocycles. The van der Waals surface area contributed by atoms with Gasteiger partial charge in [0, 0.05) is 6.54 Å². The Morgan fingerprint density at radius 1 is 1.15 bits per heavy atom. The van der Waals surface area contributed by atoms with Crippen molar-refractivity contribution in [2.24, 2.45) is 0 Å². The normalized spacial score (nSPS) is 10.7. The molecule has 0 saturated carbocycles. The van der Waals surface area contributed by atoms with Crippen LogP contribution in [0.5, 0.6) is 5.75 Å². The molecule has 1 aromatic rings. The Bertz CT molecular complexity index is 367. The van der Waals surface area contributed by atoms with Crippen LogP contribution in [0.15, 0.2) is 30.3 Å². The second-order valence-corrected chi connectivity index (χ2v) is 4.85. The Hall–Kier alpha value is -1.55. The molecule has 4 nitrogen and oxygen atoms in total. The minimum atomic E-state index is -0.724. The predicted molar refractivity (Wildman–Crippen MR) is 80.2 cm³/mol. The van der Waals surface area contributed by atoms with Crippen molar-refractivity contribution in [1.82, 2.24) is 4.90 Å². The van der Waals surface area contributed by atoms with Gasteiger partial charge in [-0.25, -0.2) is 0 Å². The average Bonchev–Trinajstić information content (AvgIpc) is 2.45. The third-order valence-corrected chi connectivity index (χ3v) is 3.06. The lowest BCUT2D eigenvalue weighted by atomic mass is 10.2. The van der Waals surface area contributed by atoms with Crippen LogP contribution >= 0.6 is 0 Å². The quantitative estimate of drug-likeness (QED) is 0.633. The van der Waals surface area contributed by atoms with Crippen LogP contribution < -0.4 is 4.74 Å². The summed E-state index contributed by atoms with van der Waals surface area (Å²) in [6.45, 7) is 5.38. The van der Waals surface area contributed by atoms with E-state index in [1.165, 1.54) is 0 Å². The maximum Gasteiger partial charge on any atom is 0.304 e. The molecule has 0 radical (unpaired) electrons. The van der Waals surface area contributed by atoms with Crippen LogP contribution in [0.25, 0.3) is 0 Å². The van der Waals surface area contributed by atoms with Gasteiger partial charge in [0.2, 0.25) is 0 Å². The number of nitrogens with zero attached hydrogens (tertiary/aromatic N) is 1. The van der Waals surface area contributed by atoms with E-state index >= 15 is 0 Å². The van der Waals surface area contributed by atoms with Gasteiger partial charge in [-0.05, 0) is 44.5 Å². The lowest BCUT2D eigenvalue weighted by Gasteiger charge is -2.20. The number of unbranched alkanes of at least 4 members (excludes halogenated alkanes) is 1. The number of ether oxygens (including phenoxy) is 1. The Kier molecular flexibility index (Phi) is 8.47. The number of carbonyl (C=O) groups is 1. The molecule has 0 amide bonds. The van der Waals surface area contributed by atoms with E-state index < -0.39 is 5.97 Å². The van der Waals surface area contributed by atoms with E-state index in [0.717, 1.165) is 38.1 Å². The van der Waals surface area contributed by atoms with Crippen molar-refractivity contribution >= 4 is 5.97 Å². The molecule has 0 aromatic heterocycles. The molecule has 20 heavy (non-hydrogen) atoms. The van der Waals surface area contributed by atoms with Gasteiger partial charge < -0.3 is 14.7 Å². The Balaban J connectivity index is 2.12. The van der Waals surface area contributed by atoms with Crippen LogP contribution in [0.4, 0.5) is 0 Å². The molecule has 1 aromatic carbocycles. The molecule has 0 unspecified atom stereocenters. The van der Waals surface area contributed by atoms with E-state index in [-0.39, 0.29) is 6.42 Å². The summed E-state index contributed by atoms with van der Waals surface area (Å²) < 4.78 is 5.63. The maximum atomic E-state index is 10.6. The molecule has 0 bridgehead atoms. The number of benzene rings is 1. The van der Waals surface area contributed by atoms with Crippen LogP contribution in [-0.4, -0.2) is 42.2 Å². The maximum absolute atomic E-state index is 10.6. The summed E-state index contributed by atoms with van der Waals surface area (Å²) >= 11 is 0. The van der Waals surface area contributed by atoms with Crippen LogP contribution in [0.2, 0.25) is 0 Å². The van der Waals surface area contributed by atoms with E-state index in [9.17, 15) is 4.79 Å². The summed E-state index contributed by atoms with van der Waals surface area (Å²) in [6, 6.07) is 9.80. The number of rotatable bonds is 11. The largest absolute Gasteiger partial charge is 0.494 e. The fraction of sp³-hybridized carbons (Fsp3) is 0.562. The second-order valence-electron chi connectivity index (χ2n) is 4.85. The van der Waals surface area contributed by atoms with Gasteiger partial charge in [0.05, 0.1) is 13.0 Å². The fourth-order valence-corrected chi connectivity index (χ4v) is 2.05. The smallest absolute Gasteiger partial charge is 0.304 e. The fourth-order valence-electron chi connectivity index (χ4n) is 2.05. The molecule has 0 fully saturated rings. The topological polar surface area (TPSA) is 49.8 Å². The minimum absolute atomic E-state index is 0.223. The first-order valence-electron chi connectivity index (χ1n) is 7.34. The van der Waals surface area contributed by atoms with Gasteiger partial charge in [-0.3, -0.25) is 4.79 Å². The van der Waals surface area contributed by atoms with Crippen molar-refractivity contribution < 1.29 is 14.6 Å². The number of para-hydroxylation sites is 1. The van der Waals surface area contributed by atoms with Gasteiger partial charge in [0.25, 0.3) is 0 Å². The lowest BCUT2D eigenvalue weighted by Crippen LogP contribution is -2.28. The highest BCUT2D eigenvalue weighted by Gasteiger charge is 2.06. The number of carboxylic acid groups (broad SMARTS) is 1. The number of aliphatic carboxylic acids is 1. The summed E-state index contributed by atoms with van der Waals surface area (Å²) in [7, 11) is 0. The van der Waals surface area contributed by atoms with Crippen LogP contribution in [0.3, 0.4) is 0 Å². The van der Waals surface area contributed by atoms with Crippen LogP contribution in [0.1, 0.15) is 32.6 Å². The van der Waals surface area contributed by atoms with Crippen molar-refractivity contribution in [3.63, 3.8) is 0 Å². The van der Waals surface area contributed by atoms with Crippen LogP contribution in [-0.2, 0) is 4.79 Å². The summed E-state index contributed by atoms with van der Waals surface area (Å²) in [5, 5.41) is 8.72. The molecular formula is C16H25NO3. The van der Waals surface area contributed by atoms with E-state index in [0.29, 0.717) is 13.2 Å². The number of hydrogen-bond acceptors (Lipinski definition) is 3. The molecule has 0 heterocycles. The summed E-state index contributed by atoms with van der Waals surface area (Å²) in [5.41, 5.74) is 0. The molecule has 0 aliphatic carbocycles. The van der Waals surface area contributed by atoms with Crippen molar-refractivity contribution in [3.05, 3.63) is 30.3 Å². The molecular weight excluding hydrogens is 254 g/mol. The summed E-state index contributed by atoms with van der Waals surface area (Å²) in [5.74, 6) is 0.183. The zero-order valence-electron chi connectivity index (χ0n) is 12.3. The Labute approximate surface area is 121 Å². The van der Waals surface area contributed by atoms with Gasteiger partial charge in [-0.1, -0.05) is 25.1 Å². The monoisotopic (exact) mass is 279 g/mol. The zero-order chi connectivity index (χ0) is 14.6. The van der Waals surface area contributed by atoms with Crippen molar-refractivity contribution in [1.29, 1.82) is 0 Å². The first kappa shape index (κ1) is 16.5. The number of hydrogen-bond donors (Lipinski definition) is 1. The van der Waals surface area contributed by atoms with Gasteiger partial charge >= 0.3 is 5.97 Å². The van der Waals surface area contributed by atoms with Gasteiger partial charge in [0.15, 0.2) is 0 Å². The molecule has 0 atom stereocenters. The standard InChI is InChI=1S/C16H25NO3/c1-2-11-17(13-10-16(18)19)12-6-7-14-20-15-8-4-3-5-9-15/h3-5,8-9H,2,6-7,10-14H2,1H3,(H,18,19). The molecule has 0 aliphatic rings. The van der Waals surface area contributed by atoms with Gasteiger partial charge in [-0.2, -0.15) is 0 Å². The van der Waals surface area contributed by atoms with E-state index in [1.54, 1.807) is 0 Å². The highest BCUT2D eigenvalue weighted by atomic mass is 16.5. The van der Waals surface area contributed by atoms with E-state index in [4.69, 9.17) is 9.84 Å². The third kappa shape index (κ3) is 7.79. The van der Waals surface area contributed by atoms with Gasteiger partial charge in [0.1, 0.15) is 5.75 Å². The molecule has 1 N–H and O–H groups in total. The lowest BCUT2D eigenvalue weighted by molar-refractivity contribution is -0.137. The molecule has 112 valence electrons. The van der Waals surface area contributed by atoms with Crippen molar-refractivity contribution in [2.45, 2.75) is 32.6 Å². The minimum Gasteiger partial charge on any atom is -0.494 e. The van der Waals surface area contributed by atoms with Crippen molar-refractivity contribution in [3.8, 4) is 5.75 Å². The Morgan fingerprint density at radius 3 is 2.55 bits per heavy atom. The number of carboxylic acids is 1. The molecule has 0 spiro atoms. The molecule has 0 saturated heterocycles. The Morgan fingerprint density at radius 2 is 1.90 bits per heavy atom.